The zero-order valence-corrected chi connectivity index (χ0v) is 13.7. The van der Waals surface area contributed by atoms with Gasteiger partial charge in [-0.1, -0.05) is 30.3 Å². The molecule has 0 bridgehead atoms. The predicted octanol–water partition coefficient (Wildman–Crippen LogP) is 2.27. The maximum absolute atomic E-state index is 12.6. The Morgan fingerprint density at radius 3 is 2.54 bits per heavy atom. The normalized spacial score (nSPS) is 16.8. The highest BCUT2D eigenvalue weighted by Gasteiger charge is 2.29. The largest absolute Gasteiger partial charge is 0.388 e. The van der Waals surface area contributed by atoms with E-state index >= 15 is 0 Å². The Morgan fingerprint density at radius 2 is 1.92 bits per heavy atom. The van der Waals surface area contributed by atoms with Crippen molar-refractivity contribution in [1.82, 2.24) is 9.88 Å². The van der Waals surface area contributed by atoms with E-state index in [1.54, 1.807) is 11.8 Å². The Balaban J connectivity index is 1.64. The molecule has 1 saturated heterocycles. The Morgan fingerprint density at radius 1 is 1.25 bits per heavy atom. The van der Waals surface area contributed by atoms with Crippen LogP contribution in [0.2, 0.25) is 0 Å². The summed E-state index contributed by atoms with van der Waals surface area (Å²) < 4.78 is 0. The van der Waals surface area contributed by atoms with Gasteiger partial charge >= 0.3 is 0 Å². The van der Waals surface area contributed by atoms with E-state index in [2.05, 4.69) is 4.98 Å². The quantitative estimate of drug-likeness (QED) is 0.909. The number of aliphatic hydroxyl groups is 1. The van der Waals surface area contributed by atoms with Crippen LogP contribution in [0.3, 0.4) is 0 Å². The zero-order chi connectivity index (χ0) is 17.1. The molecule has 2 N–H and O–H groups in total. The molecule has 126 valence electrons. The first-order valence-electron chi connectivity index (χ1n) is 8.28. The molecule has 2 heterocycles. The van der Waals surface area contributed by atoms with Crippen LogP contribution in [0.25, 0.3) is 0 Å². The third kappa shape index (κ3) is 3.41. The first-order chi connectivity index (χ1) is 11.6. The third-order valence-electron chi connectivity index (χ3n) is 4.78. The first-order valence-corrected chi connectivity index (χ1v) is 8.28. The highest BCUT2D eigenvalue weighted by molar-refractivity contribution is 5.95. The number of rotatable bonds is 3. The van der Waals surface area contributed by atoms with Crippen molar-refractivity contribution in [2.24, 2.45) is 5.92 Å². The number of aliphatic hydroxyl groups excluding tert-OH is 1. The average Bonchev–Trinajstić information content (AvgIpc) is 2.61. The number of aromatic nitrogens is 1. The van der Waals surface area contributed by atoms with Gasteiger partial charge < -0.3 is 15.0 Å². The van der Waals surface area contributed by atoms with Crippen molar-refractivity contribution in [1.29, 1.82) is 0 Å². The van der Waals surface area contributed by atoms with Crippen molar-refractivity contribution in [3.8, 4) is 0 Å². The molecule has 1 fully saturated rings. The fourth-order valence-electron chi connectivity index (χ4n) is 3.31. The van der Waals surface area contributed by atoms with Crippen molar-refractivity contribution in [2.75, 3.05) is 13.1 Å². The summed E-state index contributed by atoms with van der Waals surface area (Å²) in [5, 5.41) is 10.5. The number of H-pyrrole nitrogens is 1. The topological polar surface area (TPSA) is 73.4 Å². The Kier molecular flexibility index (Phi) is 4.81. The van der Waals surface area contributed by atoms with Crippen LogP contribution in [0.15, 0.2) is 47.4 Å². The van der Waals surface area contributed by atoms with Gasteiger partial charge in [0.15, 0.2) is 0 Å². The molecule has 5 heteroatoms. The van der Waals surface area contributed by atoms with Crippen molar-refractivity contribution in [3.05, 3.63) is 69.6 Å². The van der Waals surface area contributed by atoms with Crippen LogP contribution in [0.4, 0.5) is 0 Å². The fourth-order valence-corrected chi connectivity index (χ4v) is 3.31. The van der Waals surface area contributed by atoms with Gasteiger partial charge in [0.25, 0.3) is 5.91 Å². The lowest BCUT2D eigenvalue weighted by Gasteiger charge is -2.34. The van der Waals surface area contributed by atoms with E-state index in [0.29, 0.717) is 24.2 Å². The van der Waals surface area contributed by atoms with E-state index < -0.39 is 6.10 Å². The van der Waals surface area contributed by atoms with Gasteiger partial charge in [-0.3, -0.25) is 9.59 Å². The number of amides is 1. The van der Waals surface area contributed by atoms with Crippen molar-refractivity contribution >= 4 is 5.91 Å². The number of carbonyl (C=O) groups excluding carboxylic acids is 1. The number of hydrogen-bond donors (Lipinski definition) is 2. The highest BCUT2D eigenvalue weighted by atomic mass is 16.3. The lowest BCUT2D eigenvalue weighted by atomic mass is 9.87. The van der Waals surface area contributed by atoms with Crippen LogP contribution in [0, 0.1) is 12.8 Å². The summed E-state index contributed by atoms with van der Waals surface area (Å²) in [5.41, 5.74) is 1.96. The van der Waals surface area contributed by atoms with Crippen LogP contribution in [0.1, 0.15) is 40.4 Å². The smallest absolute Gasteiger partial charge is 0.255 e. The maximum Gasteiger partial charge on any atom is 0.255 e. The van der Waals surface area contributed by atoms with Crippen LogP contribution in [-0.4, -0.2) is 34.0 Å². The molecule has 1 aromatic carbocycles. The number of likely N-dealkylation sites (tertiary alicyclic amines) is 1. The van der Waals surface area contributed by atoms with Gasteiger partial charge in [-0.25, -0.2) is 0 Å². The SMILES string of the molecule is Cc1cc(=O)[nH]cc1C(=O)N1CCC(C(O)c2ccccc2)CC1. The third-order valence-corrected chi connectivity index (χ3v) is 4.78. The number of benzene rings is 1. The Labute approximate surface area is 140 Å². The van der Waals surface area contributed by atoms with E-state index in [4.69, 9.17) is 0 Å². The van der Waals surface area contributed by atoms with Crippen molar-refractivity contribution < 1.29 is 9.90 Å². The summed E-state index contributed by atoms with van der Waals surface area (Å²) in [5.74, 6) is 0.101. The van der Waals surface area contributed by atoms with Gasteiger partial charge in [-0.15, -0.1) is 0 Å². The molecule has 0 aliphatic carbocycles. The second-order valence-electron chi connectivity index (χ2n) is 6.38. The lowest BCUT2D eigenvalue weighted by Crippen LogP contribution is -2.40. The highest BCUT2D eigenvalue weighted by Crippen LogP contribution is 2.31. The Hall–Kier alpha value is -2.40. The minimum atomic E-state index is -0.488. The molecule has 1 unspecified atom stereocenters. The van der Waals surface area contributed by atoms with Gasteiger partial charge in [0.2, 0.25) is 5.56 Å². The lowest BCUT2D eigenvalue weighted by molar-refractivity contribution is 0.0461. The van der Waals surface area contributed by atoms with E-state index in [1.807, 2.05) is 30.3 Å². The van der Waals surface area contributed by atoms with Gasteiger partial charge in [0.05, 0.1) is 11.7 Å². The molecular formula is C19H22N2O3. The van der Waals surface area contributed by atoms with Gasteiger partial charge in [0.1, 0.15) is 0 Å². The van der Waals surface area contributed by atoms with Crippen LogP contribution in [-0.2, 0) is 0 Å². The number of aryl methyl sites for hydroxylation is 1. The standard InChI is InChI=1S/C19H22N2O3/c1-13-11-17(22)20-12-16(13)19(24)21-9-7-15(8-10-21)18(23)14-5-3-2-4-6-14/h2-6,11-12,15,18,23H,7-10H2,1H3,(H,20,22). The number of aromatic amines is 1. The summed E-state index contributed by atoms with van der Waals surface area (Å²) >= 11 is 0. The zero-order valence-electron chi connectivity index (χ0n) is 13.7. The first kappa shape index (κ1) is 16.5. The fraction of sp³-hybridized carbons (Fsp3) is 0.368. The monoisotopic (exact) mass is 326 g/mol. The van der Waals surface area contributed by atoms with Gasteiger partial charge in [-0.05, 0) is 36.8 Å². The summed E-state index contributed by atoms with van der Waals surface area (Å²) in [6.45, 7) is 3.01. The minimum absolute atomic E-state index is 0.0589. The number of nitrogens with zero attached hydrogens (tertiary/aromatic N) is 1. The number of pyridine rings is 1. The molecule has 1 aliphatic heterocycles. The second kappa shape index (κ2) is 7.01. The number of nitrogens with one attached hydrogen (secondary N) is 1. The molecule has 2 aromatic rings. The van der Waals surface area contributed by atoms with Gasteiger partial charge in [0, 0.05) is 25.4 Å². The predicted molar refractivity (Wildman–Crippen MR) is 91.8 cm³/mol. The molecule has 0 saturated carbocycles. The molecular weight excluding hydrogens is 304 g/mol. The molecule has 1 atom stereocenters. The summed E-state index contributed by atoms with van der Waals surface area (Å²) in [4.78, 5) is 28.3. The molecule has 3 rings (SSSR count). The van der Waals surface area contributed by atoms with Crippen molar-refractivity contribution in [2.45, 2.75) is 25.9 Å². The van der Waals surface area contributed by atoms with E-state index in [0.717, 1.165) is 18.4 Å². The molecule has 24 heavy (non-hydrogen) atoms. The molecule has 1 aromatic heterocycles. The average molecular weight is 326 g/mol. The van der Waals surface area contributed by atoms with Crippen molar-refractivity contribution in [3.63, 3.8) is 0 Å². The molecule has 1 amide bonds. The van der Waals surface area contributed by atoms with Crippen LogP contribution >= 0.6 is 0 Å². The van der Waals surface area contributed by atoms with Crippen LogP contribution in [0.5, 0.6) is 0 Å². The molecule has 5 nitrogen and oxygen atoms in total. The minimum Gasteiger partial charge on any atom is -0.388 e. The van der Waals surface area contributed by atoms with E-state index in [1.165, 1.54) is 12.3 Å². The summed E-state index contributed by atoms with van der Waals surface area (Å²) in [6, 6.07) is 11.1. The van der Waals surface area contributed by atoms with Crippen LogP contribution < -0.4 is 5.56 Å². The van der Waals surface area contributed by atoms with E-state index in [-0.39, 0.29) is 17.4 Å². The number of hydrogen-bond acceptors (Lipinski definition) is 3. The summed E-state index contributed by atoms with van der Waals surface area (Å²) in [6.07, 6.45) is 2.54. The number of carbonyl (C=O) groups is 1. The molecule has 1 aliphatic rings. The molecule has 0 spiro atoms. The van der Waals surface area contributed by atoms with E-state index in [9.17, 15) is 14.7 Å². The second-order valence-corrected chi connectivity index (χ2v) is 6.38. The maximum atomic E-state index is 12.6. The summed E-state index contributed by atoms with van der Waals surface area (Å²) in [7, 11) is 0. The Bertz CT molecular complexity index is 762. The molecule has 0 radical (unpaired) electrons. The van der Waals surface area contributed by atoms with Gasteiger partial charge in [-0.2, -0.15) is 0 Å². The number of piperidine rings is 1.